The van der Waals surface area contributed by atoms with E-state index in [1.165, 1.54) is 29.9 Å². The summed E-state index contributed by atoms with van der Waals surface area (Å²) in [7, 11) is -1.90. The highest BCUT2D eigenvalue weighted by molar-refractivity contribution is 7.92. The molecule has 1 aromatic heterocycles. The van der Waals surface area contributed by atoms with Gasteiger partial charge >= 0.3 is 5.97 Å². The van der Waals surface area contributed by atoms with Crippen LogP contribution < -0.4 is 19.5 Å². The first-order valence-corrected chi connectivity index (χ1v) is 20.6. The minimum absolute atomic E-state index is 0.0822. The highest BCUT2D eigenvalue weighted by Gasteiger charge is 2.22. The number of methoxy groups -OCH3 is 1. The molecule has 5 aromatic carbocycles. The van der Waals surface area contributed by atoms with Crippen molar-refractivity contribution in [3.05, 3.63) is 152 Å². The Morgan fingerprint density at radius 1 is 0.661 bits per heavy atom. The van der Waals surface area contributed by atoms with Crippen molar-refractivity contribution in [3.8, 4) is 11.5 Å². The maximum absolute atomic E-state index is 12.6. The molecule has 2 aliphatic heterocycles. The zero-order valence-electron chi connectivity index (χ0n) is 35.6. The number of H-pyrrole nitrogens is 1. The molecule has 312 valence electrons. The molecule has 8 rings (SSSR count). The summed E-state index contributed by atoms with van der Waals surface area (Å²) in [5.41, 5.74) is 13.9. The number of halogens is 1. The van der Waals surface area contributed by atoms with Crippen LogP contribution in [-0.2, 0) is 19.6 Å². The number of rotatable bonds is 1. The number of anilines is 2. The molecule has 12 heteroatoms. The molecule has 3 heterocycles. The summed E-state index contributed by atoms with van der Waals surface area (Å²) in [6.45, 7) is 20.0. The number of benzene rings is 5. The number of fused-ring (bicyclic) bond motifs is 3. The van der Waals surface area contributed by atoms with Gasteiger partial charge in [0.1, 0.15) is 23.0 Å². The topological polar surface area (TPSA) is 136 Å². The molecule has 0 spiro atoms. The van der Waals surface area contributed by atoms with Crippen molar-refractivity contribution in [1.82, 2.24) is 4.98 Å². The highest BCUT2D eigenvalue weighted by Crippen LogP contribution is 2.34. The summed E-state index contributed by atoms with van der Waals surface area (Å²) in [6, 6.07) is 26.9. The summed E-state index contributed by atoms with van der Waals surface area (Å²) in [5, 5.41) is 3.88. The number of hydrogen-bond donors (Lipinski definition) is 3. The van der Waals surface area contributed by atoms with E-state index in [9.17, 15) is 22.4 Å². The van der Waals surface area contributed by atoms with E-state index in [0.29, 0.717) is 22.7 Å². The Morgan fingerprint density at radius 3 is 1.86 bits per heavy atom. The lowest BCUT2D eigenvalue weighted by molar-refractivity contribution is -0.118. The minimum Gasteiger partial charge on any atom is -0.481 e. The van der Waals surface area contributed by atoms with E-state index in [4.69, 9.17) is 9.47 Å². The van der Waals surface area contributed by atoms with E-state index in [2.05, 4.69) is 58.7 Å². The van der Waals surface area contributed by atoms with Crippen molar-refractivity contribution in [3.63, 3.8) is 0 Å². The lowest BCUT2D eigenvalue weighted by atomic mass is 10.1. The second-order valence-electron chi connectivity index (χ2n) is 14.7. The smallest absolute Gasteiger partial charge is 0.354 e. The first kappa shape index (κ1) is 45.6. The van der Waals surface area contributed by atoms with Gasteiger partial charge in [-0.05, 0) is 138 Å². The molecule has 0 saturated heterocycles. The van der Waals surface area contributed by atoms with Crippen LogP contribution in [0.5, 0.6) is 11.5 Å². The van der Waals surface area contributed by atoms with Gasteiger partial charge in [0.05, 0.1) is 18.5 Å². The number of esters is 1. The second kappa shape index (κ2) is 20.0. The Bertz CT molecular complexity index is 2490. The van der Waals surface area contributed by atoms with Gasteiger partial charge in [0.15, 0.2) is 6.61 Å². The molecule has 0 bridgehead atoms. The van der Waals surface area contributed by atoms with Crippen molar-refractivity contribution in [2.45, 2.75) is 69.2 Å². The van der Waals surface area contributed by atoms with Crippen LogP contribution in [0, 0.1) is 75.1 Å². The molecule has 59 heavy (non-hydrogen) atoms. The molecule has 0 saturated carbocycles. The monoisotopic (exact) mass is 823 g/mol. The lowest BCUT2D eigenvalue weighted by Gasteiger charge is -2.21. The maximum Gasteiger partial charge on any atom is 0.354 e. The van der Waals surface area contributed by atoms with E-state index in [1.807, 2.05) is 84.0 Å². The van der Waals surface area contributed by atoms with Crippen LogP contribution in [0.2, 0.25) is 0 Å². The quantitative estimate of drug-likeness (QED) is 0.141. The van der Waals surface area contributed by atoms with Crippen LogP contribution in [0.4, 0.5) is 15.8 Å². The van der Waals surface area contributed by atoms with Gasteiger partial charge in [-0.1, -0.05) is 72.3 Å². The number of carbonyl (C=O) groups is 2. The molecule has 3 N–H and O–H groups in total. The molecule has 0 radical (unpaired) electrons. The van der Waals surface area contributed by atoms with Crippen LogP contribution in [0.1, 0.15) is 66.1 Å². The molecule has 10 nitrogen and oxygen atoms in total. The van der Waals surface area contributed by atoms with Gasteiger partial charge in [-0.25, -0.2) is 17.6 Å². The van der Waals surface area contributed by atoms with E-state index in [-0.39, 0.29) is 30.2 Å². The van der Waals surface area contributed by atoms with Gasteiger partial charge in [0, 0.05) is 10.9 Å². The number of para-hydroxylation sites is 1. The summed E-state index contributed by atoms with van der Waals surface area (Å²) in [5.74, 6) is 0.600. The van der Waals surface area contributed by atoms with Crippen molar-refractivity contribution in [1.29, 1.82) is 0 Å². The van der Waals surface area contributed by atoms with Crippen LogP contribution in [0.3, 0.4) is 0 Å². The number of amides is 1. The first-order chi connectivity index (χ1) is 27.8. The van der Waals surface area contributed by atoms with Gasteiger partial charge < -0.3 is 24.5 Å². The van der Waals surface area contributed by atoms with Crippen LogP contribution in [0.25, 0.3) is 10.9 Å². The van der Waals surface area contributed by atoms with Crippen LogP contribution >= 0.6 is 0 Å². The van der Waals surface area contributed by atoms with Crippen LogP contribution in [-0.4, -0.2) is 44.9 Å². The molecule has 0 atom stereocenters. The Kier molecular flexibility index (Phi) is 15.5. The van der Waals surface area contributed by atoms with Gasteiger partial charge in [-0.3, -0.25) is 9.52 Å². The molecule has 0 aliphatic carbocycles. The Labute approximate surface area is 347 Å². The SMILES string of the molecule is COC(=O)c1cc2c(C)ccc(C)c2[nH]1.Cc1ccc(C)c(C)c1.Cc1ccc(C)c(F)c1.Cc1ccc(C)c2c1NC(=O)CO2.Cc1cccc2c1OCS(=O)(=O)N2. The Hall–Kier alpha value is -6.14. The summed E-state index contributed by atoms with van der Waals surface area (Å²) >= 11 is 0. The fraction of sp³-hybridized carbons (Fsp3) is 0.277. The van der Waals surface area contributed by atoms with Crippen molar-refractivity contribution >= 4 is 44.2 Å². The third-order valence-electron chi connectivity index (χ3n) is 9.63. The fourth-order valence-corrected chi connectivity index (χ4v) is 6.83. The lowest BCUT2D eigenvalue weighted by Crippen LogP contribution is -2.26. The number of ether oxygens (including phenoxy) is 3. The third-order valence-corrected chi connectivity index (χ3v) is 10.6. The maximum atomic E-state index is 12.6. The van der Waals surface area contributed by atoms with E-state index < -0.39 is 10.0 Å². The number of nitrogens with one attached hydrogen (secondary N) is 3. The van der Waals surface area contributed by atoms with E-state index in [0.717, 1.165) is 55.7 Å². The first-order valence-electron chi connectivity index (χ1n) is 19.0. The van der Waals surface area contributed by atoms with Gasteiger partial charge in [0.25, 0.3) is 15.9 Å². The average molecular weight is 824 g/mol. The van der Waals surface area contributed by atoms with Crippen molar-refractivity contribution in [2.75, 3.05) is 29.7 Å². The minimum atomic E-state index is -3.29. The number of aromatic amines is 1. The Morgan fingerprint density at radius 2 is 1.25 bits per heavy atom. The van der Waals surface area contributed by atoms with Crippen LogP contribution in [0.15, 0.2) is 84.9 Å². The number of hydrogen-bond acceptors (Lipinski definition) is 7. The molecule has 0 fully saturated rings. The number of carbonyl (C=O) groups excluding carboxylic acids is 2. The molecular weight excluding hydrogens is 770 g/mol. The standard InChI is InChI=1S/C12H13NO2.C10H11NO2.C9H12.C8H9F.C8H9NO3S/c1-7-4-5-8(2)11-9(7)6-10(13-11)12(14)15-3;1-6-3-4-7(2)10-9(6)11-8(12)5-13-10;1-7-4-5-8(2)9(3)6-7;1-6-3-4-7(2)8(9)5-6;1-6-3-2-4-7-8(6)12-5-13(10,11)9-7/h4-6,13H,1-3H3;3-4H,5H2,1-2H3,(H,11,12);4-6H,1-3H3;3-5H,1-2H3;2-4,9H,5H2,1H3. The molecule has 6 aromatic rings. The zero-order chi connectivity index (χ0) is 43.6. The average Bonchev–Trinajstić information content (AvgIpc) is 3.66. The van der Waals surface area contributed by atoms with Gasteiger partial charge in [-0.2, -0.15) is 0 Å². The number of aryl methyl sites for hydroxylation is 10. The van der Waals surface area contributed by atoms with Gasteiger partial charge in [-0.15, -0.1) is 0 Å². The highest BCUT2D eigenvalue weighted by atomic mass is 32.2. The number of sulfonamides is 1. The fourth-order valence-electron chi connectivity index (χ4n) is 6.01. The third kappa shape index (κ3) is 12.4. The predicted octanol–water partition coefficient (Wildman–Crippen LogP) is 10.3. The van der Waals surface area contributed by atoms with E-state index >= 15 is 0 Å². The number of aromatic nitrogens is 1. The molecule has 1 amide bonds. The summed E-state index contributed by atoms with van der Waals surface area (Å²) in [6.07, 6.45) is 0. The largest absolute Gasteiger partial charge is 0.481 e. The van der Waals surface area contributed by atoms with Gasteiger partial charge in [0.2, 0.25) is 5.94 Å². The predicted molar refractivity (Wildman–Crippen MR) is 235 cm³/mol. The Balaban J connectivity index is 0.000000165. The van der Waals surface area contributed by atoms with Crippen molar-refractivity contribution in [2.24, 2.45) is 0 Å². The second-order valence-corrected chi connectivity index (χ2v) is 16.3. The van der Waals surface area contributed by atoms with Crippen molar-refractivity contribution < 1.29 is 36.6 Å². The summed E-state index contributed by atoms with van der Waals surface area (Å²) in [4.78, 5) is 25.5. The molecular formula is C47H54FN3O7S. The zero-order valence-corrected chi connectivity index (χ0v) is 36.5. The molecule has 2 aliphatic rings. The summed E-state index contributed by atoms with van der Waals surface area (Å²) < 4.78 is 52.3. The molecule has 0 unspecified atom stereocenters. The van der Waals surface area contributed by atoms with E-state index in [1.54, 1.807) is 25.1 Å². The normalized spacial score (nSPS) is 12.8.